The van der Waals surface area contributed by atoms with Crippen LogP contribution in [0.15, 0.2) is 0 Å². The molecule has 1 saturated heterocycles. The van der Waals surface area contributed by atoms with Crippen LogP contribution in [0.2, 0.25) is 0 Å². The second-order valence-corrected chi connectivity index (χ2v) is 2.84. The van der Waals surface area contributed by atoms with E-state index in [1.807, 2.05) is 0 Å². The van der Waals surface area contributed by atoms with E-state index < -0.39 is 5.38 Å². The van der Waals surface area contributed by atoms with Gasteiger partial charge >= 0.3 is 0 Å². The molecule has 1 aliphatic heterocycles. The Kier molecular flexibility index (Phi) is 2.19. The van der Waals surface area contributed by atoms with Gasteiger partial charge in [-0.1, -0.05) is 0 Å². The number of hydrogen-bond acceptors (Lipinski definition) is 1. The van der Waals surface area contributed by atoms with Gasteiger partial charge in [-0.2, -0.15) is 0 Å². The molecule has 4 heteroatoms. The number of carbonyl (C=O) groups excluding carboxylic acids is 1. The first-order valence-corrected chi connectivity index (χ1v) is 3.70. The minimum atomic E-state index is -0.414. The van der Waals surface area contributed by atoms with E-state index >= 15 is 0 Å². The van der Waals surface area contributed by atoms with E-state index in [1.165, 1.54) is 0 Å². The Labute approximate surface area is 63.5 Å². The SMILES string of the molecule is O=C1NCC(CCl)C1Cl. The zero-order chi connectivity index (χ0) is 6.85. The summed E-state index contributed by atoms with van der Waals surface area (Å²) in [7, 11) is 0. The topological polar surface area (TPSA) is 29.1 Å². The first kappa shape index (κ1) is 7.16. The molecular weight excluding hydrogens is 161 g/mol. The van der Waals surface area contributed by atoms with E-state index in [1.54, 1.807) is 0 Å². The van der Waals surface area contributed by atoms with Gasteiger partial charge in [0.15, 0.2) is 0 Å². The summed E-state index contributed by atoms with van der Waals surface area (Å²) in [6.07, 6.45) is 0. The van der Waals surface area contributed by atoms with Crippen molar-refractivity contribution in [3.8, 4) is 0 Å². The Hall–Kier alpha value is 0.0500. The summed E-state index contributed by atoms with van der Waals surface area (Å²) >= 11 is 11.1. The molecule has 1 N–H and O–H groups in total. The molecule has 1 aliphatic rings. The number of nitrogens with one attached hydrogen (secondary N) is 1. The van der Waals surface area contributed by atoms with Gasteiger partial charge in [0.25, 0.3) is 0 Å². The number of hydrogen-bond donors (Lipinski definition) is 1. The largest absolute Gasteiger partial charge is 0.354 e. The Balaban J connectivity index is 2.51. The Morgan fingerprint density at radius 1 is 1.78 bits per heavy atom. The molecule has 2 nitrogen and oxygen atoms in total. The molecule has 0 spiro atoms. The highest BCUT2D eigenvalue weighted by Crippen LogP contribution is 2.17. The smallest absolute Gasteiger partial charge is 0.238 e. The highest BCUT2D eigenvalue weighted by atomic mass is 35.5. The van der Waals surface area contributed by atoms with Gasteiger partial charge in [0.2, 0.25) is 5.91 Å². The maximum absolute atomic E-state index is 10.6. The van der Waals surface area contributed by atoms with Crippen LogP contribution in [0.4, 0.5) is 0 Å². The summed E-state index contributed by atoms with van der Waals surface area (Å²) in [5.74, 6) is 0.468. The molecule has 1 rings (SSSR count). The predicted octanol–water partition coefficient (Wildman–Crippen LogP) is 0.579. The Morgan fingerprint density at radius 2 is 2.44 bits per heavy atom. The van der Waals surface area contributed by atoms with Crippen LogP contribution in [0.5, 0.6) is 0 Å². The molecule has 52 valence electrons. The van der Waals surface area contributed by atoms with Crippen LogP contribution in [0, 0.1) is 5.92 Å². The van der Waals surface area contributed by atoms with Gasteiger partial charge in [0.1, 0.15) is 5.38 Å². The number of halogens is 2. The number of alkyl halides is 2. The van der Waals surface area contributed by atoms with Gasteiger partial charge in [0, 0.05) is 18.3 Å². The molecular formula is C5H7Cl2NO. The molecule has 2 atom stereocenters. The van der Waals surface area contributed by atoms with Crippen LogP contribution in [0.1, 0.15) is 0 Å². The highest BCUT2D eigenvalue weighted by Gasteiger charge is 2.31. The fraction of sp³-hybridized carbons (Fsp3) is 0.800. The standard InChI is InChI=1S/C5H7Cl2NO/c6-1-3-2-8-5(9)4(3)7/h3-4H,1-2H2,(H,8,9). The molecule has 9 heavy (non-hydrogen) atoms. The summed E-state index contributed by atoms with van der Waals surface area (Å²) in [5, 5.41) is 2.20. The predicted molar refractivity (Wildman–Crippen MR) is 36.9 cm³/mol. The van der Waals surface area contributed by atoms with Crippen LogP contribution in [-0.2, 0) is 4.79 Å². The first-order chi connectivity index (χ1) is 4.25. The van der Waals surface area contributed by atoms with Gasteiger partial charge in [-0.3, -0.25) is 4.79 Å². The van der Waals surface area contributed by atoms with E-state index in [0.29, 0.717) is 12.4 Å². The lowest BCUT2D eigenvalue weighted by Gasteiger charge is -2.02. The summed E-state index contributed by atoms with van der Waals surface area (Å²) in [5.41, 5.74) is 0. The number of rotatable bonds is 1. The van der Waals surface area contributed by atoms with Crippen molar-refractivity contribution in [1.82, 2.24) is 5.32 Å². The van der Waals surface area contributed by atoms with Crippen molar-refractivity contribution < 1.29 is 4.79 Å². The molecule has 2 unspecified atom stereocenters. The summed E-state index contributed by atoms with van der Waals surface area (Å²) < 4.78 is 0. The second kappa shape index (κ2) is 2.76. The van der Waals surface area contributed by atoms with E-state index in [2.05, 4.69) is 5.32 Å². The lowest BCUT2D eigenvalue weighted by molar-refractivity contribution is -0.118. The van der Waals surface area contributed by atoms with Crippen molar-refractivity contribution in [3.05, 3.63) is 0 Å². The van der Waals surface area contributed by atoms with Crippen LogP contribution >= 0.6 is 23.2 Å². The van der Waals surface area contributed by atoms with Gasteiger partial charge in [-0.25, -0.2) is 0 Å². The molecule has 0 aromatic carbocycles. The molecule has 0 saturated carbocycles. The maximum Gasteiger partial charge on any atom is 0.238 e. The van der Waals surface area contributed by atoms with Crippen molar-refractivity contribution in [2.45, 2.75) is 5.38 Å². The average Bonchev–Trinajstić information content (AvgIpc) is 2.15. The van der Waals surface area contributed by atoms with Crippen molar-refractivity contribution in [2.75, 3.05) is 12.4 Å². The Morgan fingerprint density at radius 3 is 2.67 bits per heavy atom. The lowest BCUT2D eigenvalue weighted by atomic mass is 10.1. The van der Waals surface area contributed by atoms with Gasteiger partial charge in [-0.15, -0.1) is 23.2 Å². The molecule has 0 radical (unpaired) electrons. The third-order valence-electron chi connectivity index (χ3n) is 1.40. The molecule has 0 aromatic rings. The summed E-state index contributed by atoms with van der Waals surface area (Å²) in [6.45, 7) is 0.622. The first-order valence-electron chi connectivity index (χ1n) is 2.73. The monoisotopic (exact) mass is 167 g/mol. The summed E-state index contributed by atoms with van der Waals surface area (Å²) in [6, 6.07) is 0. The fourth-order valence-corrected chi connectivity index (χ4v) is 1.41. The second-order valence-electron chi connectivity index (χ2n) is 2.06. The molecule has 1 fully saturated rings. The zero-order valence-corrected chi connectivity index (χ0v) is 6.24. The number of carbonyl (C=O) groups is 1. The van der Waals surface area contributed by atoms with Crippen LogP contribution in [-0.4, -0.2) is 23.7 Å². The van der Waals surface area contributed by atoms with Gasteiger partial charge < -0.3 is 5.32 Å². The normalized spacial score (nSPS) is 34.7. The number of amides is 1. The summed E-state index contributed by atoms with van der Waals surface area (Å²) in [4.78, 5) is 10.6. The maximum atomic E-state index is 10.6. The highest BCUT2D eigenvalue weighted by molar-refractivity contribution is 6.32. The molecule has 1 heterocycles. The fourth-order valence-electron chi connectivity index (χ4n) is 0.780. The van der Waals surface area contributed by atoms with Crippen molar-refractivity contribution in [2.24, 2.45) is 5.92 Å². The van der Waals surface area contributed by atoms with Crippen LogP contribution in [0.25, 0.3) is 0 Å². The average molecular weight is 168 g/mol. The molecule has 0 bridgehead atoms. The van der Waals surface area contributed by atoms with E-state index in [4.69, 9.17) is 23.2 Å². The third-order valence-corrected chi connectivity index (χ3v) is 2.35. The molecule has 0 aliphatic carbocycles. The van der Waals surface area contributed by atoms with Gasteiger partial charge in [0.05, 0.1) is 0 Å². The minimum absolute atomic E-state index is 0.0951. The molecule has 0 aromatic heterocycles. The van der Waals surface area contributed by atoms with Crippen LogP contribution in [0.3, 0.4) is 0 Å². The van der Waals surface area contributed by atoms with E-state index in [9.17, 15) is 4.79 Å². The lowest BCUT2D eigenvalue weighted by Crippen LogP contribution is -2.19. The molecule has 1 amide bonds. The van der Waals surface area contributed by atoms with Crippen molar-refractivity contribution in [1.29, 1.82) is 0 Å². The zero-order valence-electron chi connectivity index (χ0n) is 4.73. The van der Waals surface area contributed by atoms with E-state index in [-0.39, 0.29) is 11.8 Å². The van der Waals surface area contributed by atoms with Crippen molar-refractivity contribution >= 4 is 29.1 Å². The third kappa shape index (κ3) is 1.30. The van der Waals surface area contributed by atoms with Crippen molar-refractivity contribution in [3.63, 3.8) is 0 Å². The van der Waals surface area contributed by atoms with Crippen LogP contribution < -0.4 is 5.32 Å². The quantitative estimate of drug-likeness (QED) is 0.570. The minimum Gasteiger partial charge on any atom is -0.354 e. The Bertz CT molecular complexity index is 128. The van der Waals surface area contributed by atoms with E-state index in [0.717, 1.165) is 0 Å². The van der Waals surface area contributed by atoms with Gasteiger partial charge in [-0.05, 0) is 0 Å².